The Morgan fingerprint density at radius 3 is 2.71 bits per heavy atom. The molecule has 0 aliphatic carbocycles. The van der Waals surface area contributed by atoms with Crippen LogP contribution in [0.4, 0.5) is 13.2 Å². The maximum absolute atomic E-state index is 12.5. The van der Waals surface area contributed by atoms with E-state index in [-0.39, 0.29) is 11.3 Å². The van der Waals surface area contributed by atoms with Crippen LogP contribution in [0.3, 0.4) is 0 Å². The van der Waals surface area contributed by atoms with Crippen LogP contribution in [-0.4, -0.2) is 33.1 Å². The Labute approximate surface area is 140 Å². The highest BCUT2D eigenvalue weighted by Gasteiger charge is 2.32. The molecule has 24 heavy (non-hydrogen) atoms. The lowest BCUT2D eigenvalue weighted by Gasteiger charge is -2.08. The molecule has 0 unspecified atom stereocenters. The van der Waals surface area contributed by atoms with Crippen LogP contribution in [0.1, 0.15) is 0 Å². The monoisotopic (exact) mass is 372 g/mol. The van der Waals surface area contributed by atoms with Crippen LogP contribution in [0.15, 0.2) is 24.4 Å². The minimum Gasteiger partial charge on any atom is -0.472 e. The second-order valence-electron chi connectivity index (χ2n) is 4.60. The number of rotatable bonds is 3. The van der Waals surface area contributed by atoms with Crippen LogP contribution < -0.4 is 9.47 Å². The normalized spacial score (nSPS) is 12.2. The molecule has 0 amide bonds. The van der Waals surface area contributed by atoms with Crippen molar-refractivity contribution in [3.8, 4) is 21.6 Å². The van der Waals surface area contributed by atoms with Gasteiger partial charge in [0.2, 0.25) is 4.96 Å². The van der Waals surface area contributed by atoms with E-state index >= 15 is 0 Å². The van der Waals surface area contributed by atoms with Crippen molar-refractivity contribution in [2.24, 2.45) is 0 Å². The van der Waals surface area contributed by atoms with Gasteiger partial charge in [-0.2, -0.15) is 0 Å². The first-order valence-electron chi connectivity index (χ1n) is 6.49. The fourth-order valence-corrected chi connectivity index (χ4v) is 3.74. The van der Waals surface area contributed by atoms with Crippen LogP contribution in [-0.2, 0) is 0 Å². The maximum atomic E-state index is 12.5. The summed E-state index contributed by atoms with van der Waals surface area (Å²) in [6.07, 6.45) is -3.12. The first-order valence-corrected chi connectivity index (χ1v) is 8.12. The van der Waals surface area contributed by atoms with E-state index < -0.39 is 6.36 Å². The number of para-hydroxylation sites is 1. The summed E-state index contributed by atoms with van der Waals surface area (Å²) in [5.41, 5.74) is 0.673. The number of nitrogens with zero attached hydrogens (tertiary/aromatic N) is 4. The molecule has 3 heterocycles. The Kier molecular flexibility index (Phi) is 3.35. The number of benzene rings is 1. The molecule has 124 valence electrons. The summed E-state index contributed by atoms with van der Waals surface area (Å²) in [7, 11) is 1.51. The zero-order valence-electron chi connectivity index (χ0n) is 11.9. The van der Waals surface area contributed by atoms with Crippen LogP contribution in [0.2, 0.25) is 0 Å². The Bertz CT molecular complexity index is 1010. The zero-order valence-corrected chi connectivity index (χ0v) is 13.5. The fraction of sp³-hybridized carbons (Fsp3) is 0.154. The second kappa shape index (κ2) is 5.31. The van der Waals surface area contributed by atoms with Gasteiger partial charge in [0.15, 0.2) is 5.75 Å². The van der Waals surface area contributed by atoms with E-state index in [4.69, 9.17) is 4.74 Å². The largest absolute Gasteiger partial charge is 0.573 e. The van der Waals surface area contributed by atoms with Gasteiger partial charge >= 0.3 is 6.36 Å². The average molecular weight is 372 g/mol. The summed E-state index contributed by atoms with van der Waals surface area (Å²) >= 11 is 2.48. The molecule has 0 aliphatic heterocycles. The van der Waals surface area contributed by atoms with E-state index in [2.05, 4.69) is 19.8 Å². The number of halogens is 3. The van der Waals surface area contributed by atoms with Gasteiger partial charge in [0.05, 0.1) is 18.0 Å². The first kappa shape index (κ1) is 15.1. The highest BCUT2D eigenvalue weighted by molar-refractivity contribution is 7.21. The van der Waals surface area contributed by atoms with Gasteiger partial charge in [-0.25, -0.2) is 14.5 Å². The SMILES string of the molecule is COc1nn2cc(-c3nc4c(OC(F)(F)F)cccc4s3)nc2s1. The predicted octanol–water partition coefficient (Wildman–Crippen LogP) is 3.97. The van der Waals surface area contributed by atoms with E-state index in [1.165, 1.54) is 46.4 Å². The maximum Gasteiger partial charge on any atom is 0.573 e. The van der Waals surface area contributed by atoms with Crippen molar-refractivity contribution in [1.29, 1.82) is 0 Å². The topological polar surface area (TPSA) is 61.5 Å². The molecule has 0 saturated heterocycles. The number of hydrogen-bond acceptors (Lipinski definition) is 7. The molecule has 0 spiro atoms. The molecule has 0 radical (unpaired) electrons. The average Bonchev–Trinajstić information content (AvgIpc) is 3.17. The molecule has 4 aromatic rings. The summed E-state index contributed by atoms with van der Waals surface area (Å²) in [4.78, 5) is 9.23. The van der Waals surface area contributed by atoms with Gasteiger partial charge in [-0.15, -0.1) is 29.6 Å². The number of ether oxygens (including phenoxy) is 2. The van der Waals surface area contributed by atoms with Crippen molar-refractivity contribution in [2.45, 2.75) is 6.36 Å². The summed E-state index contributed by atoms with van der Waals surface area (Å²) in [5.74, 6) is -0.330. The minimum atomic E-state index is -4.77. The quantitative estimate of drug-likeness (QED) is 0.544. The molecular weight excluding hydrogens is 365 g/mol. The van der Waals surface area contributed by atoms with Crippen molar-refractivity contribution in [3.63, 3.8) is 0 Å². The number of imidazole rings is 1. The molecule has 0 N–H and O–H groups in total. The molecule has 1 aromatic carbocycles. The Morgan fingerprint density at radius 1 is 1.17 bits per heavy atom. The van der Waals surface area contributed by atoms with E-state index in [9.17, 15) is 13.2 Å². The van der Waals surface area contributed by atoms with Crippen LogP contribution in [0.5, 0.6) is 10.9 Å². The van der Waals surface area contributed by atoms with E-state index in [0.29, 0.717) is 25.6 Å². The van der Waals surface area contributed by atoms with Gasteiger partial charge < -0.3 is 9.47 Å². The molecule has 0 aliphatic rings. The highest BCUT2D eigenvalue weighted by Crippen LogP contribution is 2.37. The van der Waals surface area contributed by atoms with Crippen LogP contribution in [0, 0.1) is 0 Å². The van der Waals surface area contributed by atoms with E-state index in [1.54, 1.807) is 12.3 Å². The molecule has 0 atom stereocenters. The number of hydrogen-bond donors (Lipinski definition) is 0. The van der Waals surface area contributed by atoms with Gasteiger partial charge in [-0.1, -0.05) is 6.07 Å². The van der Waals surface area contributed by atoms with Crippen molar-refractivity contribution >= 4 is 37.9 Å². The van der Waals surface area contributed by atoms with Gasteiger partial charge in [0.1, 0.15) is 16.2 Å². The highest BCUT2D eigenvalue weighted by atomic mass is 32.1. The lowest BCUT2D eigenvalue weighted by Crippen LogP contribution is -2.17. The number of alkyl halides is 3. The Morgan fingerprint density at radius 2 is 2.00 bits per heavy atom. The smallest absolute Gasteiger partial charge is 0.472 e. The molecular formula is C13H7F3N4O2S2. The van der Waals surface area contributed by atoms with Gasteiger partial charge in [-0.05, 0) is 23.5 Å². The Hall–Kier alpha value is -2.40. The zero-order chi connectivity index (χ0) is 16.9. The molecule has 0 bridgehead atoms. The predicted molar refractivity (Wildman–Crippen MR) is 82.7 cm³/mol. The summed E-state index contributed by atoms with van der Waals surface area (Å²) < 4.78 is 48.6. The van der Waals surface area contributed by atoms with Gasteiger partial charge in [0, 0.05) is 0 Å². The number of fused-ring (bicyclic) bond motifs is 2. The number of thiazole rings is 1. The molecule has 4 rings (SSSR count). The molecule has 11 heteroatoms. The standard InChI is InChI=1S/C13H7F3N4O2S2/c1-21-12-19-20-5-6(17-11(20)24-12)10-18-9-7(22-13(14,15)16)3-2-4-8(9)23-10/h2-5H,1H3. The van der Waals surface area contributed by atoms with Crippen LogP contribution in [0.25, 0.3) is 25.9 Å². The van der Waals surface area contributed by atoms with Crippen molar-refractivity contribution < 1.29 is 22.6 Å². The molecule has 6 nitrogen and oxygen atoms in total. The third kappa shape index (κ3) is 2.65. The molecule has 3 aromatic heterocycles. The Balaban J connectivity index is 1.78. The molecule has 0 fully saturated rings. The lowest BCUT2D eigenvalue weighted by atomic mass is 10.3. The lowest BCUT2D eigenvalue weighted by molar-refractivity contribution is -0.274. The third-order valence-electron chi connectivity index (χ3n) is 3.03. The molecule has 0 saturated carbocycles. The third-order valence-corrected chi connectivity index (χ3v) is 4.95. The summed E-state index contributed by atoms with van der Waals surface area (Å²) in [6, 6.07) is 4.40. The number of aromatic nitrogens is 4. The van der Waals surface area contributed by atoms with E-state index in [1.807, 2.05) is 0 Å². The van der Waals surface area contributed by atoms with Gasteiger partial charge in [0.25, 0.3) is 5.19 Å². The van der Waals surface area contributed by atoms with Crippen molar-refractivity contribution in [3.05, 3.63) is 24.4 Å². The number of methoxy groups -OCH3 is 1. The summed E-state index contributed by atoms with van der Waals surface area (Å²) in [5, 5.41) is 5.10. The van der Waals surface area contributed by atoms with Crippen molar-refractivity contribution in [2.75, 3.05) is 7.11 Å². The first-order chi connectivity index (χ1) is 11.4. The van der Waals surface area contributed by atoms with Crippen LogP contribution >= 0.6 is 22.7 Å². The second-order valence-corrected chi connectivity index (χ2v) is 6.54. The van der Waals surface area contributed by atoms with E-state index in [0.717, 1.165) is 0 Å². The van der Waals surface area contributed by atoms with Gasteiger partial charge in [-0.3, -0.25) is 0 Å². The minimum absolute atomic E-state index is 0.150. The van der Waals surface area contributed by atoms with Crippen molar-refractivity contribution in [1.82, 2.24) is 19.6 Å². The fourth-order valence-electron chi connectivity index (χ4n) is 2.11. The summed E-state index contributed by atoms with van der Waals surface area (Å²) in [6.45, 7) is 0.